The van der Waals surface area contributed by atoms with Crippen molar-refractivity contribution < 1.29 is 8.42 Å². The molecule has 8 heteroatoms. The number of nitrogens with two attached hydrogens (primary N) is 1. The van der Waals surface area contributed by atoms with Gasteiger partial charge in [0, 0.05) is 24.7 Å². The number of thiocarbonyl (C=S) groups is 1. The Morgan fingerprint density at radius 1 is 1.52 bits per heavy atom. The minimum Gasteiger partial charge on any atom is -0.389 e. The Balaban J connectivity index is 2.02. The van der Waals surface area contributed by atoms with Crippen molar-refractivity contribution in [3.8, 4) is 0 Å². The number of sulfonamides is 1. The minimum absolute atomic E-state index is 0.0400. The zero-order valence-corrected chi connectivity index (χ0v) is 14.1. The van der Waals surface area contributed by atoms with Gasteiger partial charge in [0.25, 0.3) is 0 Å². The van der Waals surface area contributed by atoms with Gasteiger partial charge in [0.05, 0.1) is 5.02 Å². The van der Waals surface area contributed by atoms with E-state index in [2.05, 4.69) is 9.62 Å². The highest BCUT2D eigenvalue weighted by Gasteiger charge is 2.26. The molecule has 0 spiro atoms. The van der Waals surface area contributed by atoms with Gasteiger partial charge in [-0.15, -0.1) is 0 Å². The van der Waals surface area contributed by atoms with Crippen LogP contribution in [0, 0.1) is 0 Å². The summed E-state index contributed by atoms with van der Waals surface area (Å²) in [5.74, 6) is 0. The van der Waals surface area contributed by atoms with Gasteiger partial charge in [0.1, 0.15) is 9.88 Å². The average Bonchev–Trinajstić information content (AvgIpc) is 3.22. The average molecular weight is 348 g/mol. The molecule has 1 aromatic carbocycles. The van der Waals surface area contributed by atoms with E-state index in [4.69, 9.17) is 29.6 Å². The van der Waals surface area contributed by atoms with Crippen LogP contribution in [-0.2, 0) is 10.0 Å². The quantitative estimate of drug-likeness (QED) is 0.728. The Kier molecular flexibility index (Phi) is 5.21. The van der Waals surface area contributed by atoms with Crippen molar-refractivity contribution in [2.45, 2.75) is 23.8 Å². The first-order valence-corrected chi connectivity index (χ1v) is 8.87. The summed E-state index contributed by atoms with van der Waals surface area (Å²) in [5, 5.41) is 0.114. The van der Waals surface area contributed by atoms with Crippen LogP contribution in [0.2, 0.25) is 5.02 Å². The number of nitrogens with one attached hydrogen (secondary N) is 1. The van der Waals surface area contributed by atoms with Crippen molar-refractivity contribution in [1.29, 1.82) is 0 Å². The van der Waals surface area contributed by atoms with E-state index in [9.17, 15) is 8.42 Å². The van der Waals surface area contributed by atoms with Crippen LogP contribution in [0.25, 0.3) is 0 Å². The molecule has 5 nitrogen and oxygen atoms in total. The summed E-state index contributed by atoms with van der Waals surface area (Å²) < 4.78 is 27.0. The van der Waals surface area contributed by atoms with E-state index < -0.39 is 10.0 Å². The largest absolute Gasteiger partial charge is 0.389 e. The van der Waals surface area contributed by atoms with Gasteiger partial charge in [-0.3, -0.25) is 0 Å². The van der Waals surface area contributed by atoms with Gasteiger partial charge in [-0.05, 0) is 32.0 Å². The van der Waals surface area contributed by atoms with Gasteiger partial charge < -0.3 is 10.6 Å². The third kappa shape index (κ3) is 4.37. The standard InChI is InChI=1S/C13H18ClN3O2S2/c1-17(10-3-4-10)7-6-16-21(18,19)12-5-2-9(13(15)20)8-11(12)14/h2,5,8,10,16H,3-4,6-7H2,1H3,(H2,15,20). The minimum atomic E-state index is -3.63. The summed E-state index contributed by atoms with van der Waals surface area (Å²) in [7, 11) is -1.63. The van der Waals surface area contributed by atoms with Crippen LogP contribution in [0.1, 0.15) is 18.4 Å². The molecule has 0 amide bonds. The molecule has 0 aliphatic heterocycles. The fourth-order valence-electron chi connectivity index (χ4n) is 2.00. The summed E-state index contributed by atoms with van der Waals surface area (Å²) in [4.78, 5) is 2.37. The number of halogens is 1. The lowest BCUT2D eigenvalue weighted by molar-refractivity contribution is 0.329. The first-order valence-electron chi connectivity index (χ1n) is 6.60. The zero-order valence-electron chi connectivity index (χ0n) is 11.7. The number of likely N-dealkylation sites (N-methyl/N-ethyl adjacent to an activating group) is 1. The molecular formula is C13H18ClN3O2S2. The van der Waals surface area contributed by atoms with Crippen LogP contribution in [0.3, 0.4) is 0 Å². The van der Waals surface area contributed by atoms with Gasteiger partial charge >= 0.3 is 0 Å². The second-order valence-corrected chi connectivity index (χ2v) is 7.70. The maximum atomic E-state index is 12.2. The molecule has 1 saturated carbocycles. The maximum Gasteiger partial charge on any atom is 0.242 e. The third-order valence-corrected chi connectivity index (χ3v) is 5.61. The molecule has 2 rings (SSSR count). The first kappa shape index (κ1) is 16.6. The van der Waals surface area contributed by atoms with Crippen LogP contribution in [0.15, 0.2) is 23.1 Å². The SMILES string of the molecule is CN(CCNS(=O)(=O)c1ccc(C(N)=S)cc1Cl)C1CC1. The summed E-state index contributed by atoms with van der Waals surface area (Å²) in [6.45, 7) is 1.02. The predicted octanol–water partition coefficient (Wildman–Crippen LogP) is 1.35. The Hall–Kier alpha value is -0.730. The molecule has 1 fully saturated rings. The Morgan fingerprint density at radius 2 is 2.19 bits per heavy atom. The molecule has 0 radical (unpaired) electrons. The van der Waals surface area contributed by atoms with Crippen LogP contribution < -0.4 is 10.5 Å². The number of benzene rings is 1. The smallest absolute Gasteiger partial charge is 0.242 e. The van der Waals surface area contributed by atoms with E-state index in [1.165, 1.54) is 25.0 Å². The van der Waals surface area contributed by atoms with E-state index in [1.54, 1.807) is 6.07 Å². The van der Waals surface area contributed by atoms with Crippen molar-refractivity contribution in [2.75, 3.05) is 20.1 Å². The van der Waals surface area contributed by atoms with Gasteiger partial charge in [-0.1, -0.05) is 29.9 Å². The second kappa shape index (κ2) is 6.58. The molecule has 0 aromatic heterocycles. The molecule has 0 saturated heterocycles. The van der Waals surface area contributed by atoms with Crippen LogP contribution in [-0.4, -0.2) is 44.5 Å². The van der Waals surface area contributed by atoms with Gasteiger partial charge in [-0.2, -0.15) is 0 Å². The Labute approximate surface area is 135 Å². The lowest BCUT2D eigenvalue weighted by Crippen LogP contribution is -2.34. The summed E-state index contributed by atoms with van der Waals surface area (Å²) in [6.07, 6.45) is 2.38. The molecule has 1 aliphatic rings. The molecular weight excluding hydrogens is 330 g/mol. The fourth-order valence-corrected chi connectivity index (χ4v) is 3.69. The van der Waals surface area contributed by atoms with Crippen molar-refractivity contribution in [2.24, 2.45) is 5.73 Å². The zero-order chi connectivity index (χ0) is 15.6. The maximum absolute atomic E-state index is 12.2. The highest BCUT2D eigenvalue weighted by atomic mass is 35.5. The molecule has 1 aliphatic carbocycles. The summed E-state index contributed by atoms with van der Waals surface area (Å²) in [6, 6.07) is 5.04. The number of hydrogen-bond acceptors (Lipinski definition) is 4. The molecule has 0 heterocycles. The molecule has 0 bridgehead atoms. The lowest BCUT2D eigenvalue weighted by Gasteiger charge is -2.16. The molecule has 1 aromatic rings. The molecule has 0 unspecified atom stereocenters. The van der Waals surface area contributed by atoms with E-state index in [-0.39, 0.29) is 14.9 Å². The normalized spacial score (nSPS) is 15.4. The molecule has 116 valence electrons. The first-order chi connectivity index (χ1) is 9.81. The molecule has 21 heavy (non-hydrogen) atoms. The van der Waals surface area contributed by atoms with Crippen molar-refractivity contribution in [3.63, 3.8) is 0 Å². The summed E-state index contributed by atoms with van der Waals surface area (Å²) in [5.41, 5.74) is 6.04. The van der Waals surface area contributed by atoms with Crippen molar-refractivity contribution in [3.05, 3.63) is 28.8 Å². The lowest BCUT2D eigenvalue weighted by atomic mass is 10.2. The van der Waals surface area contributed by atoms with Gasteiger partial charge in [-0.25, -0.2) is 13.1 Å². The molecule has 0 atom stereocenters. The number of rotatable bonds is 7. The second-order valence-electron chi connectivity index (χ2n) is 5.12. The van der Waals surface area contributed by atoms with Crippen LogP contribution in [0.5, 0.6) is 0 Å². The van der Waals surface area contributed by atoms with Gasteiger partial charge in [0.2, 0.25) is 10.0 Å². The fraction of sp³-hybridized carbons (Fsp3) is 0.462. The monoisotopic (exact) mass is 347 g/mol. The highest BCUT2D eigenvalue weighted by molar-refractivity contribution is 7.89. The van der Waals surface area contributed by atoms with Crippen LogP contribution in [0.4, 0.5) is 0 Å². The van der Waals surface area contributed by atoms with E-state index in [1.807, 2.05) is 7.05 Å². The van der Waals surface area contributed by atoms with Gasteiger partial charge in [0.15, 0.2) is 0 Å². The number of nitrogens with zero attached hydrogens (tertiary/aromatic N) is 1. The van der Waals surface area contributed by atoms with Crippen molar-refractivity contribution >= 4 is 38.8 Å². The van der Waals surface area contributed by atoms with E-state index in [0.717, 1.165) is 0 Å². The molecule has 3 N–H and O–H groups in total. The number of hydrogen-bond donors (Lipinski definition) is 2. The van der Waals surface area contributed by atoms with E-state index >= 15 is 0 Å². The van der Waals surface area contributed by atoms with Crippen molar-refractivity contribution in [1.82, 2.24) is 9.62 Å². The van der Waals surface area contributed by atoms with Crippen LogP contribution >= 0.6 is 23.8 Å². The Morgan fingerprint density at radius 3 is 2.71 bits per heavy atom. The highest BCUT2D eigenvalue weighted by Crippen LogP contribution is 2.25. The van der Waals surface area contributed by atoms with E-state index in [0.29, 0.717) is 24.7 Å². The summed E-state index contributed by atoms with van der Waals surface area (Å²) >= 11 is 10.9. The third-order valence-electron chi connectivity index (χ3n) is 3.43. The topological polar surface area (TPSA) is 75.4 Å². The Bertz CT molecular complexity index is 645. The predicted molar refractivity (Wildman–Crippen MR) is 88.2 cm³/mol.